The van der Waals surface area contributed by atoms with Crippen molar-refractivity contribution in [2.45, 2.75) is 19.8 Å². The molecule has 2 N–H and O–H groups in total. The molecule has 0 aliphatic heterocycles. The highest BCUT2D eigenvalue weighted by molar-refractivity contribution is 6.30. The summed E-state index contributed by atoms with van der Waals surface area (Å²) >= 11 is 5.95. The summed E-state index contributed by atoms with van der Waals surface area (Å²) in [6.45, 7) is 4.43. The molecular weight excluding hydrogens is 238 g/mol. The molecule has 1 aromatic carbocycles. The summed E-state index contributed by atoms with van der Waals surface area (Å²) in [6, 6.07) is 5.58. The Morgan fingerprint density at radius 2 is 2.24 bits per heavy atom. The van der Waals surface area contributed by atoms with E-state index in [9.17, 15) is 0 Å². The average Bonchev–Trinajstić information content (AvgIpc) is 2.80. The number of halogens is 1. The molecule has 0 radical (unpaired) electrons. The molecule has 1 heterocycles. The van der Waals surface area contributed by atoms with Crippen LogP contribution >= 0.6 is 11.6 Å². The number of hydrogen-bond acceptors (Lipinski definition) is 4. The van der Waals surface area contributed by atoms with E-state index in [0.29, 0.717) is 23.3 Å². The highest BCUT2D eigenvalue weighted by Gasteiger charge is 2.15. The van der Waals surface area contributed by atoms with Crippen LogP contribution in [0.25, 0.3) is 11.5 Å². The Bertz CT molecular complexity index is 524. The third-order valence-corrected chi connectivity index (χ3v) is 2.90. The van der Waals surface area contributed by atoms with Crippen LogP contribution in [0.3, 0.4) is 0 Å². The Balaban J connectivity index is 2.40. The highest BCUT2D eigenvalue weighted by atomic mass is 35.5. The van der Waals surface area contributed by atoms with Crippen molar-refractivity contribution in [1.82, 2.24) is 10.1 Å². The van der Waals surface area contributed by atoms with Crippen LogP contribution in [0.2, 0.25) is 5.02 Å². The zero-order valence-corrected chi connectivity index (χ0v) is 10.5. The third kappa shape index (κ3) is 2.48. The Morgan fingerprint density at radius 3 is 2.94 bits per heavy atom. The minimum atomic E-state index is 0.0898. The summed E-state index contributed by atoms with van der Waals surface area (Å²) in [5.74, 6) is 1.20. The van der Waals surface area contributed by atoms with Gasteiger partial charge in [0.05, 0.1) is 0 Å². The molecule has 0 aliphatic carbocycles. The van der Waals surface area contributed by atoms with Crippen LogP contribution in [0.5, 0.6) is 0 Å². The van der Waals surface area contributed by atoms with Gasteiger partial charge in [0.15, 0.2) is 5.82 Å². The molecule has 0 bridgehead atoms. The van der Waals surface area contributed by atoms with Gasteiger partial charge in [-0.15, -0.1) is 0 Å². The van der Waals surface area contributed by atoms with E-state index in [-0.39, 0.29) is 5.92 Å². The lowest BCUT2D eigenvalue weighted by Crippen LogP contribution is -2.10. The Morgan fingerprint density at radius 1 is 1.47 bits per heavy atom. The molecule has 0 saturated heterocycles. The van der Waals surface area contributed by atoms with Crippen LogP contribution < -0.4 is 5.73 Å². The van der Waals surface area contributed by atoms with Gasteiger partial charge >= 0.3 is 0 Å². The molecule has 4 nitrogen and oxygen atoms in total. The monoisotopic (exact) mass is 251 g/mol. The van der Waals surface area contributed by atoms with Gasteiger partial charge in [0.25, 0.3) is 5.89 Å². The minimum Gasteiger partial charge on any atom is -0.334 e. The SMILES string of the molecule is Cc1ccc(Cl)cc1-c1nc(C(C)CN)no1. The van der Waals surface area contributed by atoms with Crippen molar-refractivity contribution in [1.29, 1.82) is 0 Å². The fraction of sp³-hybridized carbons (Fsp3) is 0.333. The third-order valence-electron chi connectivity index (χ3n) is 2.67. The lowest BCUT2D eigenvalue weighted by Gasteiger charge is -2.01. The lowest BCUT2D eigenvalue weighted by molar-refractivity contribution is 0.417. The van der Waals surface area contributed by atoms with Crippen molar-refractivity contribution in [3.8, 4) is 11.5 Å². The van der Waals surface area contributed by atoms with Crippen molar-refractivity contribution >= 4 is 11.6 Å². The maximum absolute atomic E-state index is 5.95. The Kier molecular flexibility index (Phi) is 3.45. The molecule has 90 valence electrons. The van der Waals surface area contributed by atoms with Gasteiger partial charge in [-0.3, -0.25) is 0 Å². The number of aromatic nitrogens is 2. The first-order chi connectivity index (χ1) is 8.11. The first-order valence-electron chi connectivity index (χ1n) is 5.42. The maximum Gasteiger partial charge on any atom is 0.258 e. The largest absolute Gasteiger partial charge is 0.334 e. The molecule has 1 aromatic heterocycles. The molecule has 0 aliphatic rings. The van der Waals surface area contributed by atoms with Gasteiger partial charge in [-0.2, -0.15) is 4.98 Å². The normalized spacial score (nSPS) is 12.7. The molecule has 0 saturated carbocycles. The standard InChI is InChI=1S/C12H14ClN3O/c1-7-3-4-9(13)5-10(7)12-15-11(16-17-12)8(2)6-14/h3-5,8H,6,14H2,1-2H3. The van der Waals surface area contributed by atoms with Crippen molar-refractivity contribution in [2.24, 2.45) is 5.73 Å². The summed E-state index contributed by atoms with van der Waals surface area (Å²) < 4.78 is 5.23. The fourth-order valence-electron chi connectivity index (χ4n) is 1.47. The fourth-order valence-corrected chi connectivity index (χ4v) is 1.65. The first-order valence-corrected chi connectivity index (χ1v) is 5.80. The number of benzene rings is 1. The van der Waals surface area contributed by atoms with E-state index in [1.165, 1.54) is 0 Å². The quantitative estimate of drug-likeness (QED) is 0.911. The van der Waals surface area contributed by atoms with E-state index >= 15 is 0 Å². The minimum absolute atomic E-state index is 0.0898. The van der Waals surface area contributed by atoms with Gasteiger partial charge < -0.3 is 10.3 Å². The number of hydrogen-bond donors (Lipinski definition) is 1. The molecule has 2 rings (SSSR count). The van der Waals surface area contributed by atoms with E-state index < -0.39 is 0 Å². The first kappa shape index (κ1) is 12.1. The zero-order chi connectivity index (χ0) is 12.4. The summed E-state index contributed by atoms with van der Waals surface area (Å²) in [4.78, 5) is 4.34. The van der Waals surface area contributed by atoms with E-state index in [2.05, 4.69) is 10.1 Å². The van der Waals surface area contributed by atoms with Gasteiger partial charge in [-0.25, -0.2) is 0 Å². The second-order valence-corrected chi connectivity index (χ2v) is 4.49. The van der Waals surface area contributed by atoms with Crippen molar-refractivity contribution in [3.05, 3.63) is 34.6 Å². The number of nitrogens with two attached hydrogens (primary N) is 1. The molecule has 0 spiro atoms. The van der Waals surface area contributed by atoms with Gasteiger partial charge in [0.1, 0.15) is 0 Å². The van der Waals surface area contributed by atoms with Crippen LogP contribution in [-0.2, 0) is 0 Å². The number of nitrogens with zero attached hydrogens (tertiary/aromatic N) is 2. The maximum atomic E-state index is 5.95. The summed E-state index contributed by atoms with van der Waals surface area (Å²) in [5.41, 5.74) is 7.47. The van der Waals surface area contributed by atoms with E-state index in [1.807, 2.05) is 32.0 Å². The number of rotatable bonds is 3. The highest BCUT2D eigenvalue weighted by Crippen LogP contribution is 2.26. The smallest absolute Gasteiger partial charge is 0.258 e. The molecular formula is C12H14ClN3O. The van der Waals surface area contributed by atoms with E-state index in [4.69, 9.17) is 21.9 Å². The zero-order valence-electron chi connectivity index (χ0n) is 9.77. The van der Waals surface area contributed by atoms with Crippen LogP contribution in [0.15, 0.2) is 22.7 Å². The topological polar surface area (TPSA) is 64.9 Å². The Labute approximate surface area is 105 Å². The van der Waals surface area contributed by atoms with Crippen LogP contribution in [0.4, 0.5) is 0 Å². The summed E-state index contributed by atoms with van der Waals surface area (Å²) in [6.07, 6.45) is 0. The van der Waals surface area contributed by atoms with E-state index in [0.717, 1.165) is 11.1 Å². The van der Waals surface area contributed by atoms with Gasteiger partial charge in [0.2, 0.25) is 0 Å². The van der Waals surface area contributed by atoms with Crippen LogP contribution in [-0.4, -0.2) is 16.7 Å². The van der Waals surface area contributed by atoms with Crippen molar-refractivity contribution in [2.75, 3.05) is 6.54 Å². The Hall–Kier alpha value is -1.39. The molecule has 1 atom stereocenters. The van der Waals surface area contributed by atoms with Gasteiger partial charge in [-0.1, -0.05) is 29.7 Å². The molecule has 2 aromatic rings. The second kappa shape index (κ2) is 4.85. The lowest BCUT2D eigenvalue weighted by atomic mass is 10.1. The second-order valence-electron chi connectivity index (χ2n) is 4.05. The molecule has 0 fully saturated rings. The van der Waals surface area contributed by atoms with E-state index in [1.54, 1.807) is 0 Å². The molecule has 17 heavy (non-hydrogen) atoms. The van der Waals surface area contributed by atoms with Crippen molar-refractivity contribution < 1.29 is 4.52 Å². The van der Waals surface area contributed by atoms with Gasteiger partial charge in [-0.05, 0) is 24.6 Å². The molecule has 0 amide bonds. The molecule has 5 heteroatoms. The predicted molar refractivity (Wildman–Crippen MR) is 67.0 cm³/mol. The summed E-state index contributed by atoms with van der Waals surface area (Å²) in [5, 5.41) is 4.58. The summed E-state index contributed by atoms with van der Waals surface area (Å²) in [7, 11) is 0. The average molecular weight is 252 g/mol. The number of aryl methyl sites for hydroxylation is 1. The van der Waals surface area contributed by atoms with Crippen molar-refractivity contribution in [3.63, 3.8) is 0 Å². The van der Waals surface area contributed by atoms with Crippen LogP contribution in [0.1, 0.15) is 24.2 Å². The predicted octanol–water partition coefficient (Wildman–Crippen LogP) is 2.76. The van der Waals surface area contributed by atoms with Crippen LogP contribution in [0, 0.1) is 6.92 Å². The van der Waals surface area contributed by atoms with Gasteiger partial charge in [0, 0.05) is 23.0 Å². The molecule has 1 unspecified atom stereocenters.